The summed E-state index contributed by atoms with van der Waals surface area (Å²) >= 11 is 0. The maximum atomic E-state index is 11.4. The number of rotatable bonds is 8. The van der Waals surface area contributed by atoms with Crippen molar-refractivity contribution >= 4 is 11.9 Å². The van der Waals surface area contributed by atoms with E-state index in [0.717, 1.165) is 5.56 Å². The molecule has 0 amide bonds. The van der Waals surface area contributed by atoms with Gasteiger partial charge in [-0.3, -0.25) is 4.79 Å². The van der Waals surface area contributed by atoms with Gasteiger partial charge in [-0.2, -0.15) is 0 Å². The molecular formula is C15H19NO5. The second-order valence-electron chi connectivity index (χ2n) is 4.78. The molecule has 1 unspecified atom stereocenters. The molecule has 0 aromatic heterocycles. The van der Waals surface area contributed by atoms with Crippen molar-refractivity contribution in [2.75, 3.05) is 20.2 Å². The van der Waals surface area contributed by atoms with Crippen molar-refractivity contribution in [2.24, 2.45) is 5.92 Å². The fourth-order valence-electron chi connectivity index (χ4n) is 2.04. The topological polar surface area (TPSA) is 98.1 Å². The zero-order valence-electron chi connectivity index (χ0n) is 11.8. The minimum absolute atomic E-state index is 0.0420. The van der Waals surface area contributed by atoms with Crippen molar-refractivity contribution in [1.82, 2.24) is 4.90 Å². The van der Waals surface area contributed by atoms with E-state index >= 15 is 0 Å². The van der Waals surface area contributed by atoms with Crippen molar-refractivity contribution in [3.05, 3.63) is 41.6 Å². The lowest BCUT2D eigenvalue weighted by Crippen LogP contribution is -2.36. The van der Waals surface area contributed by atoms with Gasteiger partial charge in [0.15, 0.2) is 0 Å². The highest BCUT2D eigenvalue weighted by Gasteiger charge is 2.27. The number of hydrogen-bond donors (Lipinski definition) is 3. The van der Waals surface area contributed by atoms with Crippen LogP contribution in [0.25, 0.3) is 0 Å². The Hall–Kier alpha value is -2.14. The highest BCUT2D eigenvalue weighted by molar-refractivity contribution is 5.77. The van der Waals surface area contributed by atoms with E-state index in [-0.39, 0.29) is 18.7 Å². The molecule has 0 aliphatic rings. The highest BCUT2D eigenvalue weighted by Crippen LogP contribution is 2.18. The number of carbonyl (C=O) groups is 1. The Bertz CT molecular complexity index is 510. The molecule has 0 heterocycles. The van der Waals surface area contributed by atoms with Crippen LogP contribution in [0.2, 0.25) is 0 Å². The number of nitrogens with zero attached hydrogens (tertiary/aromatic N) is 1. The van der Waals surface area contributed by atoms with Crippen molar-refractivity contribution < 1.29 is 24.9 Å². The van der Waals surface area contributed by atoms with Gasteiger partial charge in [-0.25, -0.2) is 4.79 Å². The lowest BCUT2D eigenvalue weighted by molar-refractivity contribution is -0.140. The molecule has 6 heteroatoms. The van der Waals surface area contributed by atoms with Crippen molar-refractivity contribution in [1.29, 1.82) is 0 Å². The molecule has 2 atom stereocenters. The monoisotopic (exact) mass is 293 g/mol. The lowest BCUT2D eigenvalue weighted by Gasteiger charge is -2.25. The average Bonchev–Trinajstić information content (AvgIpc) is 2.47. The molecule has 6 nitrogen and oxygen atoms in total. The van der Waals surface area contributed by atoms with Gasteiger partial charge >= 0.3 is 5.97 Å². The molecular weight excluding hydrogens is 274 g/mol. The summed E-state index contributed by atoms with van der Waals surface area (Å²) in [5.41, 5.74) is 0.729. The van der Waals surface area contributed by atoms with Crippen LogP contribution in [0.1, 0.15) is 5.56 Å². The van der Waals surface area contributed by atoms with Crippen LogP contribution in [0, 0.1) is 5.92 Å². The fourth-order valence-corrected chi connectivity index (χ4v) is 2.04. The Labute approximate surface area is 122 Å². The highest BCUT2D eigenvalue weighted by atomic mass is 16.4. The number of benzene rings is 1. The third kappa shape index (κ3) is 5.04. The zero-order chi connectivity index (χ0) is 15.8. The maximum Gasteiger partial charge on any atom is 0.313 e. The van der Waals surface area contributed by atoms with Crippen LogP contribution in [0.3, 0.4) is 0 Å². The zero-order valence-corrected chi connectivity index (χ0v) is 11.8. The summed E-state index contributed by atoms with van der Waals surface area (Å²) in [4.78, 5) is 23.9. The third-order valence-electron chi connectivity index (χ3n) is 3.12. The molecule has 1 rings (SSSR count). The predicted octanol–water partition coefficient (Wildman–Crippen LogP) is -0.0696. The van der Waals surface area contributed by atoms with Gasteiger partial charge in [0.05, 0.1) is 12.7 Å². The molecule has 0 aliphatic carbocycles. The van der Waals surface area contributed by atoms with Crippen LogP contribution in [0.5, 0.6) is 0 Å². The number of carboxylic acid groups (broad SMARTS) is 1. The van der Waals surface area contributed by atoms with Crippen LogP contribution in [-0.2, 0) is 16.0 Å². The van der Waals surface area contributed by atoms with Crippen molar-refractivity contribution in [3.8, 4) is 0 Å². The number of aliphatic hydroxyl groups is 2. The molecule has 0 bridgehead atoms. The Kier molecular flexibility index (Phi) is 6.62. The summed E-state index contributed by atoms with van der Waals surface area (Å²) in [5, 5.41) is 27.6. The first-order chi connectivity index (χ1) is 9.99. The summed E-state index contributed by atoms with van der Waals surface area (Å²) in [7, 11) is 1.49. The Balaban J connectivity index is 2.92. The van der Waals surface area contributed by atoms with E-state index in [1.807, 2.05) is 6.07 Å². The number of carboxylic acids is 1. The SMILES string of the molecule is CN(CC(O)CO)C(=C=O)[C@@H](Cc1ccccc1)C(=O)O. The summed E-state index contributed by atoms with van der Waals surface area (Å²) in [6.45, 7) is -0.507. The normalized spacial score (nSPS) is 13.1. The lowest BCUT2D eigenvalue weighted by atomic mass is 9.96. The van der Waals surface area contributed by atoms with Gasteiger partial charge in [-0.15, -0.1) is 0 Å². The van der Waals surface area contributed by atoms with Gasteiger partial charge in [0.25, 0.3) is 0 Å². The minimum Gasteiger partial charge on any atom is -0.481 e. The Morgan fingerprint density at radius 1 is 1.33 bits per heavy atom. The van der Waals surface area contributed by atoms with E-state index in [2.05, 4.69) is 0 Å². The van der Waals surface area contributed by atoms with Gasteiger partial charge in [-0.05, 0) is 12.0 Å². The number of carbonyl (C=O) groups excluding carboxylic acids is 1. The summed E-state index contributed by atoms with van der Waals surface area (Å²) in [6, 6.07) is 8.96. The van der Waals surface area contributed by atoms with E-state index in [1.165, 1.54) is 11.9 Å². The average molecular weight is 293 g/mol. The van der Waals surface area contributed by atoms with Crippen LogP contribution >= 0.6 is 0 Å². The largest absolute Gasteiger partial charge is 0.481 e. The second-order valence-corrected chi connectivity index (χ2v) is 4.78. The van der Waals surface area contributed by atoms with E-state index in [0.29, 0.717) is 0 Å². The summed E-state index contributed by atoms with van der Waals surface area (Å²) < 4.78 is 0. The predicted molar refractivity (Wildman–Crippen MR) is 76.2 cm³/mol. The molecule has 3 N–H and O–H groups in total. The van der Waals surface area contributed by atoms with Gasteiger partial charge in [-0.1, -0.05) is 30.3 Å². The van der Waals surface area contributed by atoms with Crippen molar-refractivity contribution in [3.63, 3.8) is 0 Å². The van der Waals surface area contributed by atoms with Crippen LogP contribution in [-0.4, -0.2) is 58.4 Å². The molecule has 0 saturated carbocycles. The summed E-state index contributed by atoms with van der Waals surface area (Å²) in [6.07, 6.45) is -0.898. The quantitative estimate of drug-likeness (QED) is 0.580. The Morgan fingerprint density at radius 3 is 2.43 bits per heavy atom. The minimum atomic E-state index is -1.14. The van der Waals surface area contributed by atoms with Crippen LogP contribution in [0.15, 0.2) is 36.0 Å². The standard InChI is InChI=1S/C15H19NO5/c1-16(8-12(19)9-17)14(10-18)13(15(20)21)7-11-5-3-2-4-6-11/h2-6,12-13,17,19H,7-9H2,1H3,(H,20,21)/t12?,13-/m1/s1. The first kappa shape index (κ1) is 16.9. The van der Waals surface area contributed by atoms with Gasteiger partial charge in [0.1, 0.15) is 17.6 Å². The fraction of sp³-hybridized carbons (Fsp3) is 0.400. The molecule has 21 heavy (non-hydrogen) atoms. The molecule has 1 aromatic carbocycles. The number of aliphatic carboxylic acids is 1. The van der Waals surface area contributed by atoms with Crippen molar-refractivity contribution in [2.45, 2.75) is 12.5 Å². The molecule has 0 spiro atoms. The second kappa shape index (κ2) is 8.21. The van der Waals surface area contributed by atoms with E-state index in [9.17, 15) is 19.8 Å². The molecule has 0 aliphatic heterocycles. The molecule has 0 saturated heterocycles. The first-order valence-corrected chi connectivity index (χ1v) is 6.51. The van der Waals surface area contributed by atoms with Crippen LogP contribution in [0.4, 0.5) is 0 Å². The maximum absolute atomic E-state index is 11.4. The molecule has 0 fully saturated rings. The van der Waals surface area contributed by atoms with Gasteiger partial charge in [0.2, 0.25) is 0 Å². The van der Waals surface area contributed by atoms with E-state index in [1.54, 1.807) is 30.2 Å². The number of aliphatic hydroxyl groups excluding tert-OH is 2. The summed E-state index contributed by atoms with van der Waals surface area (Å²) in [5.74, 6) is -0.539. The van der Waals surface area contributed by atoms with E-state index < -0.39 is 24.6 Å². The third-order valence-corrected chi connectivity index (χ3v) is 3.12. The van der Waals surface area contributed by atoms with Gasteiger partial charge < -0.3 is 20.2 Å². The van der Waals surface area contributed by atoms with Gasteiger partial charge in [0, 0.05) is 13.6 Å². The number of hydrogen-bond acceptors (Lipinski definition) is 5. The molecule has 0 radical (unpaired) electrons. The van der Waals surface area contributed by atoms with E-state index in [4.69, 9.17) is 5.11 Å². The first-order valence-electron chi connectivity index (χ1n) is 6.51. The molecule has 114 valence electrons. The molecule has 1 aromatic rings. The Morgan fingerprint density at radius 2 is 1.95 bits per heavy atom. The number of likely N-dealkylation sites (N-methyl/N-ethyl adjacent to an activating group) is 1. The van der Waals surface area contributed by atoms with Crippen LogP contribution < -0.4 is 0 Å². The smallest absolute Gasteiger partial charge is 0.313 e.